The van der Waals surface area contributed by atoms with Crippen LogP contribution in [0, 0.1) is 0 Å². The maximum atomic E-state index is 12.5. The molecule has 0 spiro atoms. The van der Waals surface area contributed by atoms with Crippen LogP contribution >= 0.6 is 0 Å². The zero-order valence-corrected chi connectivity index (χ0v) is 14.5. The Balaban J connectivity index is 3.15. The second kappa shape index (κ2) is 8.03. The smallest absolute Gasteiger partial charge is 0.363 e. The van der Waals surface area contributed by atoms with E-state index in [-0.39, 0.29) is 0 Å². The van der Waals surface area contributed by atoms with E-state index >= 15 is 0 Å². The van der Waals surface area contributed by atoms with Crippen LogP contribution in [-0.2, 0) is 24.1 Å². The van der Waals surface area contributed by atoms with E-state index in [4.69, 9.17) is 14.5 Å². The van der Waals surface area contributed by atoms with Gasteiger partial charge in [-0.2, -0.15) is 4.89 Å². The van der Waals surface area contributed by atoms with E-state index in [9.17, 15) is 14.4 Å². The van der Waals surface area contributed by atoms with Crippen LogP contribution in [0.1, 0.15) is 44.5 Å². The van der Waals surface area contributed by atoms with E-state index in [1.165, 1.54) is 6.92 Å². The van der Waals surface area contributed by atoms with Crippen molar-refractivity contribution in [1.29, 1.82) is 0 Å². The van der Waals surface area contributed by atoms with Gasteiger partial charge in [-0.3, -0.25) is 9.59 Å². The maximum absolute atomic E-state index is 12.5. The number of hydrogen-bond acceptors (Lipinski definition) is 6. The highest BCUT2D eigenvalue weighted by molar-refractivity contribution is 6.00. The Morgan fingerprint density at radius 3 is 2.08 bits per heavy atom. The minimum atomic E-state index is -2.07. The van der Waals surface area contributed by atoms with Gasteiger partial charge >= 0.3 is 5.97 Å². The molecule has 0 saturated carbocycles. The molecule has 0 aliphatic carbocycles. The van der Waals surface area contributed by atoms with Crippen molar-refractivity contribution in [3.8, 4) is 0 Å². The number of amides is 1. The van der Waals surface area contributed by atoms with Crippen LogP contribution in [-0.4, -0.2) is 36.1 Å². The lowest BCUT2D eigenvalue weighted by atomic mass is 10.0. The molecule has 1 atom stereocenters. The summed E-state index contributed by atoms with van der Waals surface area (Å²) in [4.78, 5) is 46.7. The monoisotopic (exact) mass is 337 g/mol. The lowest BCUT2D eigenvalue weighted by Crippen LogP contribution is -2.58. The molecule has 0 radical (unpaired) electrons. The average Bonchev–Trinajstić information content (AvgIpc) is 2.51. The molecule has 0 aliphatic heterocycles. The predicted octanol–water partition coefficient (Wildman–Crippen LogP) is 2.01. The number of nitrogens with one attached hydrogen (secondary N) is 1. The molecular weight excluding hydrogens is 314 g/mol. The van der Waals surface area contributed by atoms with Crippen LogP contribution in [0.3, 0.4) is 0 Å². The SMILES string of the molecule is COC(=O)C(CC(=O)c1ccccc1)(NC(C)=O)OOC(C)(C)C. The Morgan fingerprint density at radius 2 is 1.62 bits per heavy atom. The number of ketones is 1. The first-order valence-corrected chi connectivity index (χ1v) is 7.42. The number of carbonyl (C=O) groups excluding carboxylic acids is 3. The van der Waals surface area contributed by atoms with Gasteiger partial charge in [0.2, 0.25) is 5.91 Å². The van der Waals surface area contributed by atoms with Gasteiger partial charge in [-0.05, 0) is 20.8 Å². The first-order valence-electron chi connectivity index (χ1n) is 7.42. The van der Waals surface area contributed by atoms with Crippen molar-refractivity contribution in [1.82, 2.24) is 5.32 Å². The van der Waals surface area contributed by atoms with Crippen molar-refractivity contribution in [2.45, 2.75) is 45.4 Å². The summed E-state index contributed by atoms with van der Waals surface area (Å²) in [5.74, 6) is -1.92. The summed E-state index contributed by atoms with van der Waals surface area (Å²) < 4.78 is 4.71. The molecule has 7 nitrogen and oxygen atoms in total. The van der Waals surface area contributed by atoms with Crippen molar-refractivity contribution >= 4 is 17.7 Å². The normalized spacial score (nSPS) is 13.7. The van der Waals surface area contributed by atoms with Gasteiger partial charge in [0.05, 0.1) is 19.1 Å². The van der Waals surface area contributed by atoms with Gasteiger partial charge < -0.3 is 10.1 Å². The second-order valence-corrected chi connectivity index (χ2v) is 6.24. The maximum Gasteiger partial charge on any atom is 0.363 e. The molecule has 0 aliphatic rings. The fourth-order valence-corrected chi connectivity index (χ4v) is 1.85. The van der Waals surface area contributed by atoms with E-state index in [1.54, 1.807) is 51.1 Å². The highest BCUT2D eigenvalue weighted by Crippen LogP contribution is 2.22. The summed E-state index contributed by atoms with van der Waals surface area (Å²) in [6.45, 7) is 6.29. The van der Waals surface area contributed by atoms with E-state index in [2.05, 4.69) is 5.32 Å². The Hall–Kier alpha value is -2.25. The molecule has 0 aromatic heterocycles. The molecule has 0 saturated heterocycles. The van der Waals surface area contributed by atoms with Crippen LogP contribution in [0.2, 0.25) is 0 Å². The minimum absolute atomic E-state index is 0.371. The van der Waals surface area contributed by atoms with Gasteiger partial charge in [-0.15, -0.1) is 0 Å². The molecule has 0 fully saturated rings. The van der Waals surface area contributed by atoms with E-state index in [0.717, 1.165) is 7.11 Å². The first kappa shape index (κ1) is 19.8. The molecule has 1 N–H and O–H groups in total. The number of rotatable bonds is 7. The quantitative estimate of drug-likeness (QED) is 0.269. The largest absolute Gasteiger partial charge is 0.465 e. The molecule has 1 amide bonds. The summed E-state index contributed by atoms with van der Waals surface area (Å²) in [5.41, 5.74) is -2.47. The Kier molecular flexibility index (Phi) is 6.62. The van der Waals surface area contributed by atoms with Crippen molar-refractivity contribution in [2.24, 2.45) is 0 Å². The highest BCUT2D eigenvalue weighted by Gasteiger charge is 2.46. The first-order chi connectivity index (χ1) is 11.1. The van der Waals surface area contributed by atoms with Crippen LogP contribution in [0.5, 0.6) is 0 Å². The molecule has 1 aromatic carbocycles. The zero-order chi connectivity index (χ0) is 18.4. The Labute approximate surface area is 141 Å². The van der Waals surface area contributed by atoms with Gasteiger partial charge in [-0.1, -0.05) is 30.3 Å². The molecule has 1 unspecified atom stereocenters. The molecule has 1 rings (SSSR count). The molecular formula is C17H23NO6. The predicted molar refractivity (Wildman–Crippen MR) is 85.9 cm³/mol. The Morgan fingerprint density at radius 1 is 1.04 bits per heavy atom. The zero-order valence-electron chi connectivity index (χ0n) is 14.5. The third kappa shape index (κ3) is 5.75. The van der Waals surface area contributed by atoms with Crippen molar-refractivity contribution in [3.05, 3.63) is 35.9 Å². The van der Waals surface area contributed by atoms with Crippen LogP contribution in [0.25, 0.3) is 0 Å². The van der Waals surface area contributed by atoms with Crippen molar-refractivity contribution < 1.29 is 28.9 Å². The number of ether oxygens (including phenoxy) is 1. The fourth-order valence-electron chi connectivity index (χ4n) is 1.85. The number of esters is 1. The molecule has 0 heterocycles. The van der Waals surface area contributed by atoms with Crippen molar-refractivity contribution in [3.63, 3.8) is 0 Å². The number of Topliss-reactive ketones (excluding diaryl/α,β-unsaturated/α-hetero) is 1. The molecule has 24 heavy (non-hydrogen) atoms. The molecule has 1 aromatic rings. The summed E-state index contributed by atoms with van der Waals surface area (Å²) in [6.07, 6.45) is -0.473. The lowest BCUT2D eigenvalue weighted by molar-refractivity contribution is -0.400. The number of carbonyl (C=O) groups is 3. The van der Waals surface area contributed by atoms with Gasteiger partial charge in [0.25, 0.3) is 5.72 Å². The molecule has 0 bridgehead atoms. The standard InChI is InChI=1S/C17H23NO6/c1-12(19)18-17(15(21)22-5,24-23-16(2,3)4)11-14(20)13-9-7-6-8-10-13/h6-10H,11H2,1-5H3,(H,18,19). The number of hydrogen-bond donors (Lipinski definition) is 1. The van der Waals surface area contributed by atoms with Crippen LogP contribution < -0.4 is 5.32 Å². The second-order valence-electron chi connectivity index (χ2n) is 6.24. The fraction of sp³-hybridized carbons (Fsp3) is 0.471. The summed E-state index contributed by atoms with van der Waals surface area (Å²) in [6, 6.07) is 8.35. The minimum Gasteiger partial charge on any atom is -0.465 e. The van der Waals surface area contributed by atoms with Crippen molar-refractivity contribution in [2.75, 3.05) is 7.11 Å². The van der Waals surface area contributed by atoms with E-state index in [0.29, 0.717) is 5.56 Å². The third-order valence-corrected chi connectivity index (χ3v) is 2.83. The van der Waals surface area contributed by atoms with Gasteiger partial charge in [0.1, 0.15) is 0 Å². The number of methoxy groups -OCH3 is 1. The topological polar surface area (TPSA) is 90.9 Å². The Bertz CT molecular complexity index is 593. The van der Waals surface area contributed by atoms with Crippen LogP contribution in [0.4, 0.5) is 0 Å². The third-order valence-electron chi connectivity index (χ3n) is 2.83. The van der Waals surface area contributed by atoms with Crippen LogP contribution in [0.15, 0.2) is 30.3 Å². The summed E-state index contributed by atoms with van der Waals surface area (Å²) in [7, 11) is 1.13. The average molecular weight is 337 g/mol. The highest BCUT2D eigenvalue weighted by atomic mass is 17.2. The number of benzene rings is 1. The van der Waals surface area contributed by atoms with E-state index in [1.807, 2.05) is 0 Å². The summed E-state index contributed by atoms with van der Waals surface area (Å²) >= 11 is 0. The van der Waals surface area contributed by atoms with Gasteiger partial charge in [0, 0.05) is 12.5 Å². The molecule has 132 valence electrons. The van der Waals surface area contributed by atoms with E-state index < -0.39 is 35.4 Å². The van der Waals surface area contributed by atoms with Gasteiger partial charge in [0.15, 0.2) is 5.78 Å². The molecule has 7 heteroatoms. The van der Waals surface area contributed by atoms with Gasteiger partial charge in [-0.25, -0.2) is 9.68 Å². The summed E-state index contributed by atoms with van der Waals surface area (Å²) in [5, 5.41) is 2.34. The lowest BCUT2D eigenvalue weighted by Gasteiger charge is -2.32.